The number of halogens is 1. The van der Waals surface area contributed by atoms with Crippen LogP contribution in [0.2, 0.25) is 0 Å². The van der Waals surface area contributed by atoms with E-state index in [-0.39, 0.29) is 29.6 Å². The molecule has 0 saturated carbocycles. The highest BCUT2D eigenvalue weighted by Gasteiger charge is 2.13. The van der Waals surface area contributed by atoms with Gasteiger partial charge in [0.15, 0.2) is 0 Å². The summed E-state index contributed by atoms with van der Waals surface area (Å²) in [5, 5.41) is 17.2. The first-order valence-electron chi connectivity index (χ1n) is 8.29. The third kappa shape index (κ3) is 3.54. The minimum Gasteiger partial charge on any atom is -0.332 e. The number of benzene rings is 2. The van der Waals surface area contributed by atoms with Crippen LogP contribution in [0.3, 0.4) is 0 Å². The van der Waals surface area contributed by atoms with E-state index in [0.717, 1.165) is 5.56 Å². The topological polar surface area (TPSA) is 97.6 Å². The Hall–Kier alpha value is -4.12. The van der Waals surface area contributed by atoms with E-state index < -0.39 is 0 Å². The molecule has 0 fully saturated rings. The molecule has 8 heteroatoms. The molecule has 0 aliphatic heterocycles. The van der Waals surface area contributed by atoms with Crippen LogP contribution in [0.4, 0.5) is 4.39 Å². The molecule has 28 heavy (non-hydrogen) atoms. The Bertz CT molecular complexity index is 1240. The Morgan fingerprint density at radius 3 is 2.71 bits per heavy atom. The highest BCUT2D eigenvalue weighted by atomic mass is 19.1. The van der Waals surface area contributed by atoms with Gasteiger partial charge in [-0.25, -0.2) is 9.07 Å². The molecular formula is C20H12FN5O2. The molecule has 7 nitrogen and oxygen atoms in total. The number of hydrogen-bond donors (Lipinski definition) is 0. The lowest BCUT2D eigenvalue weighted by atomic mass is 10.1. The van der Waals surface area contributed by atoms with Crippen LogP contribution in [0.5, 0.6) is 0 Å². The standard InChI is InChI=1S/C20H12FN5O2/c21-16-6-4-15(5-7-16)19-23-20(28-25-19)17-8-9-18(27)26(24-17)12-14-3-1-2-13(10-14)11-22/h1-10H,12H2. The lowest BCUT2D eigenvalue weighted by molar-refractivity contribution is 0.429. The molecule has 0 spiro atoms. The van der Waals surface area contributed by atoms with Crippen molar-refractivity contribution in [3.63, 3.8) is 0 Å². The van der Waals surface area contributed by atoms with Gasteiger partial charge in [0.05, 0.1) is 18.2 Å². The molecule has 4 rings (SSSR count). The summed E-state index contributed by atoms with van der Waals surface area (Å²) in [4.78, 5) is 16.4. The highest BCUT2D eigenvalue weighted by molar-refractivity contribution is 5.57. The predicted octanol–water partition coefficient (Wildman–Crippen LogP) is 3.02. The van der Waals surface area contributed by atoms with E-state index in [0.29, 0.717) is 16.8 Å². The molecule has 0 bridgehead atoms. The molecule has 0 aliphatic rings. The largest absolute Gasteiger partial charge is 0.332 e. The molecule has 2 heterocycles. The van der Waals surface area contributed by atoms with Crippen LogP contribution in [0.15, 0.2) is 70.0 Å². The van der Waals surface area contributed by atoms with E-state index in [2.05, 4.69) is 21.3 Å². The lowest BCUT2D eigenvalue weighted by Gasteiger charge is -2.05. The molecule has 0 atom stereocenters. The average Bonchev–Trinajstić information content (AvgIpc) is 3.20. The number of rotatable bonds is 4. The smallest absolute Gasteiger partial charge is 0.278 e. The van der Waals surface area contributed by atoms with Gasteiger partial charge in [0.25, 0.3) is 11.4 Å². The van der Waals surface area contributed by atoms with E-state index in [1.165, 1.54) is 28.9 Å². The minimum atomic E-state index is -0.360. The van der Waals surface area contributed by atoms with E-state index in [1.807, 2.05) is 0 Å². The number of nitriles is 1. The Kier molecular flexibility index (Phi) is 4.48. The average molecular weight is 373 g/mol. The molecule has 0 saturated heterocycles. The van der Waals surface area contributed by atoms with Gasteiger partial charge in [-0.2, -0.15) is 15.3 Å². The Morgan fingerprint density at radius 1 is 1.11 bits per heavy atom. The lowest BCUT2D eigenvalue weighted by Crippen LogP contribution is -2.22. The molecule has 2 aromatic heterocycles. The highest BCUT2D eigenvalue weighted by Crippen LogP contribution is 2.20. The van der Waals surface area contributed by atoms with Crippen LogP contribution in [0, 0.1) is 17.1 Å². The number of aromatic nitrogens is 4. The van der Waals surface area contributed by atoms with E-state index in [9.17, 15) is 9.18 Å². The van der Waals surface area contributed by atoms with Crippen molar-refractivity contribution in [2.24, 2.45) is 0 Å². The number of hydrogen-bond acceptors (Lipinski definition) is 6. The van der Waals surface area contributed by atoms with E-state index in [4.69, 9.17) is 9.78 Å². The van der Waals surface area contributed by atoms with Gasteiger partial charge in [0, 0.05) is 11.6 Å². The van der Waals surface area contributed by atoms with Crippen molar-refractivity contribution in [1.29, 1.82) is 5.26 Å². The van der Waals surface area contributed by atoms with Gasteiger partial charge < -0.3 is 4.52 Å². The zero-order chi connectivity index (χ0) is 19.5. The molecule has 0 radical (unpaired) electrons. The minimum absolute atomic E-state index is 0.138. The maximum Gasteiger partial charge on any atom is 0.278 e. The van der Waals surface area contributed by atoms with E-state index >= 15 is 0 Å². The Labute approximate surface area is 158 Å². The summed E-state index contributed by atoms with van der Waals surface area (Å²) in [5.74, 6) is 0.0665. The number of nitrogens with zero attached hydrogens (tertiary/aromatic N) is 5. The van der Waals surface area contributed by atoms with Gasteiger partial charge in [-0.05, 0) is 48.0 Å². The van der Waals surface area contributed by atoms with Gasteiger partial charge in [-0.15, -0.1) is 0 Å². The van der Waals surface area contributed by atoms with Crippen LogP contribution in [0.25, 0.3) is 23.0 Å². The molecule has 4 aromatic rings. The van der Waals surface area contributed by atoms with Crippen molar-refractivity contribution in [3.8, 4) is 29.0 Å². The van der Waals surface area contributed by atoms with Crippen LogP contribution in [-0.2, 0) is 6.54 Å². The Morgan fingerprint density at radius 2 is 1.93 bits per heavy atom. The monoisotopic (exact) mass is 373 g/mol. The maximum absolute atomic E-state index is 13.1. The van der Waals surface area contributed by atoms with Crippen LogP contribution < -0.4 is 5.56 Å². The van der Waals surface area contributed by atoms with Crippen LogP contribution in [0.1, 0.15) is 11.1 Å². The van der Waals surface area contributed by atoms with Crippen molar-refractivity contribution in [3.05, 3.63) is 88.0 Å². The fourth-order valence-corrected chi connectivity index (χ4v) is 2.63. The summed E-state index contributed by atoms with van der Waals surface area (Å²) in [5.41, 5.74) is 1.89. The summed E-state index contributed by atoms with van der Waals surface area (Å²) in [6.07, 6.45) is 0. The van der Waals surface area contributed by atoms with Crippen molar-refractivity contribution in [1.82, 2.24) is 19.9 Å². The predicted molar refractivity (Wildman–Crippen MR) is 97.4 cm³/mol. The molecule has 0 amide bonds. The second-order valence-corrected chi connectivity index (χ2v) is 5.96. The summed E-state index contributed by atoms with van der Waals surface area (Å²) >= 11 is 0. The normalized spacial score (nSPS) is 10.6. The molecular weight excluding hydrogens is 361 g/mol. The molecule has 0 N–H and O–H groups in total. The molecule has 136 valence electrons. The fourth-order valence-electron chi connectivity index (χ4n) is 2.63. The van der Waals surface area contributed by atoms with Crippen molar-refractivity contribution >= 4 is 0 Å². The first kappa shape index (κ1) is 17.3. The summed E-state index contributed by atoms with van der Waals surface area (Å²) in [7, 11) is 0. The van der Waals surface area contributed by atoms with Crippen LogP contribution in [-0.4, -0.2) is 19.9 Å². The second kappa shape index (κ2) is 7.25. The first-order chi connectivity index (χ1) is 13.6. The van der Waals surface area contributed by atoms with Gasteiger partial charge in [-0.3, -0.25) is 4.79 Å². The van der Waals surface area contributed by atoms with Gasteiger partial charge >= 0.3 is 0 Å². The zero-order valence-corrected chi connectivity index (χ0v) is 14.4. The fraction of sp³-hybridized carbons (Fsp3) is 0.0500. The summed E-state index contributed by atoms with van der Waals surface area (Å²) in [6.45, 7) is 0.196. The third-order valence-corrected chi connectivity index (χ3v) is 4.00. The summed E-state index contributed by atoms with van der Waals surface area (Å²) in [6, 6.07) is 17.5. The van der Waals surface area contributed by atoms with Crippen molar-refractivity contribution in [2.45, 2.75) is 6.54 Å². The molecule has 0 unspecified atom stereocenters. The maximum atomic E-state index is 13.1. The van der Waals surface area contributed by atoms with Crippen molar-refractivity contribution in [2.75, 3.05) is 0 Å². The van der Waals surface area contributed by atoms with E-state index in [1.54, 1.807) is 36.4 Å². The van der Waals surface area contributed by atoms with Gasteiger partial charge in [0.2, 0.25) is 5.82 Å². The van der Waals surface area contributed by atoms with Crippen molar-refractivity contribution < 1.29 is 8.91 Å². The third-order valence-electron chi connectivity index (χ3n) is 4.00. The summed E-state index contributed by atoms with van der Waals surface area (Å²) < 4.78 is 19.6. The van der Waals surface area contributed by atoms with Gasteiger partial charge in [0.1, 0.15) is 11.5 Å². The first-order valence-corrected chi connectivity index (χ1v) is 8.29. The molecule has 0 aliphatic carbocycles. The second-order valence-electron chi connectivity index (χ2n) is 5.96. The van der Waals surface area contributed by atoms with Gasteiger partial charge in [-0.1, -0.05) is 17.3 Å². The quantitative estimate of drug-likeness (QED) is 0.545. The SMILES string of the molecule is N#Cc1cccc(Cn2nc(-c3nc(-c4ccc(F)cc4)no3)ccc2=O)c1. The zero-order valence-electron chi connectivity index (χ0n) is 14.4. The van der Waals surface area contributed by atoms with Crippen LogP contribution >= 0.6 is 0 Å². The Balaban J connectivity index is 1.64. The molecule has 2 aromatic carbocycles.